The molecule has 0 spiro atoms. The molecule has 1 heterocycles. The Balaban J connectivity index is 0.000000261. The molecular formula is C4H6N2O5P+. The van der Waals surface area contributed by atoms with Crippen molar-refractivity contribution in [3.05, 3.63) is 18.0 Å². The van der Waals surface area contributed by atoms with Crippen LogP contribution in [0.4, 0.5) is 0 Å². The monoisotopic (exact) mass is 193 g/mol. The third kappa shape index (κ3) is 5.48. The van der Waals surface area contributed by atoms with E-state index in [1.165, 1.54) is 12.3 Å². The van der Waals surface area contributed by atoms with Crippen LogP contribution in [-0.4, -0.2) is 31.1 Å². The molecule has 0 atom stereocenters. The van der Waals surface area contributed by atoms with E-state index in [1.54, 1.807) is 0 Å². The van der Waals surface area contributed by atoms with E-state index in [4.69, 9.17) is 19.5 Å². The van der Waals surface area contributed by atoms with Crippen molar-refractivity contribution in [1.82, 2.24) is 10.2 Å². The first-order chi connectivity index (χ1) is 5.54. The summed E-state index contributed by atoms with van der Waals surface area (Å²) in [6.45, 7) is 0. The molecule has 66 valence electrons. The number of carboxylic acid groups (broad SMARTS) is 1. The van der Waals surface area contributed by atoms with Crippen LogP contribution in [0.3, 0.4) is 0 Å². The SMILES string of the molecule is O=C(O)c1ccn[nH]1.O=[P+](O)O. The molecule has 0 radical (unpaired) electrons. The number of aromatic carboxylic acids is 1. The molecule has 0 aliphatic rings. The quantitative estimate of drug-likeness (QED) is 0.455. The highest BCUT2D eigenvalue weighted by molar-refractivity contribution is 7.30. The van der Waals surface area contributed by atoms with E-state index in [1.807, 2.05) is 0 Å². The number of nitrogens with zero attached hydrogens (tertiary/aromatic N) is 1. The summed E-state index contributed by atoms with van der Waals surface area (Å²) in [5.74, 6) is -0.984. The first kappa shape index (κ1) is 10.7. The Morgan fingerprint density at radius 1 is 1.58 bits per heavy atom. The fraction of sp³-hybridized carbons (Fsp3) is 0. The fourth-order valence-corrected chi connectivity index (χ4v) is 0.375. The van der Waals surface area contributed by atoms with Crippen LogP contribution >= 0.6 is 8.25 Å². The van der Waals surface area contributed by atoms with Gasteiger partial charge in [0.1, 0.15) is 5.69 Å². The maximum Gasteiger partial charge on any atom is 0.692 e. The van der Waals surface area contributed by atoms with Crippen molar-refractivity contribution in [3.63, 3.8) is 0 Å². The fourth-order valence-electron chi connectivity index (χ4n) is 0.375. The lowest BCUT2D eigenvalue weighted by molar-refractivity contribution is 0.0690. The number of hydrogen-bond acceptors (Lipinski definition) is 3. The van der Waals surface area contributed by atoms with Crippen molar-refractivity contribution in [1.29, 1.82) is 0 Å². The number of aromatic amines is 1. The normalized spacial score (nSPS) is 8.17. The van der Waals surface area contributed by atoms with Gasteiger partial charge in [0, 0.05) is 10.8 Å². The lowest BCUT2D eigenvalue weighted by atomic mass is 10.5. The first-order valence-corrected chi connectivity index (χ1v) is 3.78. The van der Waals surface area contributed by atoms with Crippen LogP contribution in [0.1, 0.15) is 10.5 Å². The average Bonchev–Trinajstić information content (AvgIpc) is 2.34. The number of H-pyrrole nitrogens is 1. The summed E-state index contributed by atoms with van der Waals surface area (Å²) in [6, 6.07) is 1.39. The topological polar surface area (TPSA) is 124 Å². The smallest absolute Gasteiger partial charge is 0.477 e. The predicted molar refractivity (Wildman–Crippen MR) is 37.6 cm³/mol. The van der Waals surface area contributed by atoms with Gasteiger partial charge in [0.15, 0.2) is 0 Å². The molecule has 7 nitrogen and oxygen atoms in total. The maximum atomic E-state index is 9.99. The van der Waals surface area contributed by atoms with E-state index >= 15 is 0 Å². The minimum atomic E-state index is -2.87. The van der Waals surface area contributed by atoms with Gasteiger partial charge in [0.05, 0.1) is 0 Å². The highest BCUT2D eigenvalue weighted by Crippen LogP contribution is 1.98. The van der Waals surface area contributed by atoms with Gasteiger partial charge in [-0.25, -0.2) is 4.79 Å². The number of carboxylic acids is 1. The van der Waals surface area contributed by atoms with Gasteiger partial charge in [0.2, 0.25) is 0 Å². The summed E-state index contributed by atoms with van der Waals surface area (Å²) in [7, 11) is -2.87. The molecule has 1 aromatic rings. The van der Waals surface area contributed by atoms with Crippen molar-refractivity contribution in [3.8, 4) is 0 Å². The molecular weight excluding hydrogens is 187 g/mol. The van der Waals surface area contributed by atoms with Crippen molar-refractivity contribution in [2.75, 3.05) is 0 Å². The first-order valence-electron chi connectivity index (χ1n) is 2.61. The van der Waals surface area contributed by atoms with Gasteiger partial charge in [-0.05, 0) is 6.07 Å². The molecule has 0 aliphatic carbocycles. The van der Waals surface area contributed by atoms with Gasteiger partial charge in [0.25, 0.3) is 0 Å². The van der Waals surface area contributed by atoms with E-state index in [-0.39, 0.29) is 5.69 Å². The Hall–Kier alpha value is -1.30. The van der Waals surface area contributed by atoms with E-state index in [0.29, 0.717) is 0 Å². The molecule has 1 rings (SSSR count). The second kappa shape index (κ2) is 5.36. The van der Waals surface area contributed by atoms with Gasteiger partial charge in [-0.1, -0.05) is 0 Å². The van der Waals surface area contributed by atoms with Crippen LogP contribution in [0.5, 0.6) is 0 Å². The van der Waals surface area contributed by atoms with E-state index in [2.05, 4.69) is 10.2 Å². The number of carbonyl (C=O) groups is 1. The largest absolute Gasteiger partial charge is 0.692 e. The van der Waals surface area contributed by atoms with Gasteiger partial charge >= 0.3 is 14.2 Å². The van der Waals surface area contributed by atoms with Gasteiger partial charge in [-0.3, -0.25) is 5.10 Å². The third-order valence-corrected chi connectivity index (χ3v) is 0.731. The molecule has 0 aliphatic heterocycles. The number of hydrogen-bond donors (Lipinski definition) is 4. The molecule has 4 N–H and O–H groups in total. The van der Waals surface area contributed by atoms with Crippen LogP contribution in [0.25, 0.3) is 0 Å². The summed E-state index contributed by atoms with van der Waals surface area (Å²) in [6.07, 6.45) is 1.39. The lowest BCUT2D eigenvalue weighted by Gasteiger charge is -1.79. The van der Waals surface area contributed by atoms with Crippen LogP contribution in [0, 0.1) is 0 Å². The Morgan fingerprint density at radius 3 is 2.25 bits per heavy atom. The molecule has 1 aromatic heterocycles. The van der Waals surface area contributed by atoms with Gasteiger partial charge in [-0.2, -0.15) is 5.10 Å². The van der Waals surface area contributed by atoms with Crippen LogP contribution < -0.4 is 0 Å². The van der Waals surface area contributed by atoms with Crippen molar-refractivity contribution in [2.45, 2.75) is 0 Å². The Labute approximate surface area is 67.6 Å². The molecule has 8 heteroatoms. The molecule has 0 amide bonds. The summed E-state index contributed by atoms with van der Waals surface area (Å²) < 4.78 is 8.70. The molecule has 0 saturated heterocycles. The standard InChI is InChI=1S/C4H4N2O2.HO3P/c7-4(8)3-1-2-5-6-3;1-4(2)3/h1-2H,(H,5,6)(H,7,8);(H-,1,2,3)/p+1. The zero-order valence-electron chi connectivity index (χ0n) is 5.71. The summed E-state index contributed by atoms with van der Waals surface area (Å²) in [4.78, 5) is 24.2. The molecule has 0 aromatic carbocycles. The highest BCUT2D eigenvalue weighted by atomic mass is 31.1. The minimum Gasteiger partial charge on any atom is -0.477 e. The summed E-state index contributed by atoms with van der Waals surface area (Å²) in [5, 5.41) is 13.9. The minimum absolute atomic E-state index is 0.116. The van der Waals surface area contributed by atoms with Gasteiger partial charge in [-0.15, -0.1) is 9.79 Å². The van der Waals surface area contributed by atoms with Gasteiger partial charge < -0.3 is 5.11 Å². The zero-order valence-corrected chi connectivity index (χ0v) is 6.60. The number of aromatic nitrogens is 2. The van der Waals surface area contributed by atoms with Crippen molar-refractivity contribution < 1.29 is 24.3 Å². The number of rotatable bonds is 1. The second-order valence-electron chi connectivity index (χ2n) is 1.53. The summed E-state index contributed by atoms with van der Waals surface area (Å²) in [5.41, 5.74) is 0.116. The molecule has 0 saturated carbocycles. The zero-order chi connectivity index (χ0) is 9.56. The van der Waals surface area contributed by atoms with Crippen molar-refractivity contribution in [2.24, 2.45) is 0 Å². The molecule has 0 bridgehead atoms. The maximum absolute atomic E-state index is 9.99. The number of nitrogens with one attached hydrogen (secondary N) is 1. The Bertz CT molecular complexity index is 254. The van der Waals surface area contributed by atoms with Crippen LogP contribution in [-0.2, 0) is 4.57 Å². The molecule has 0 fully saturated rings. The molecule has 12 heavy (non-hydrogen) atoms. The Morgan fingerprint density at radius 2 is 2.08 bits per heavy atom. The second-order valence-corrected chi connectivity index (χ2v) is 2.03. The van der Waals surface area contributed by atoms with Crippen LogP contribution in [0.2, 0.25) is 0 Å². The predicted octanol–water partition coefficient (Wildman–Crippen LogP) is -0.264. The summed E-state index contributed by atoms with van der Waals surface area (Å²) >= 11 is 0. The Kier molecular flexibility index (Phi) is 4.78. The van der Waals surface area contributed by atoms with Crippen molar-refractivity contribution >= 4 is 14.2 Å². The van der Waals surface area contributed by atoms with Crippen LogP contribution in [0.15, 0.2) is 12.3 Å². The molecule has 0 unspecified atom stereocenters. The third-order valence-electron chi connectivity index (χ3n) is 0.731. The highest BCUT2D eigenvalue weighted by Gasteiger charge is 1.99. The lowest BCUT2D eigenvalue weighted by Crippen LogP contribution is -1.95. The van der Waals surface area contributed by atoms with E-state index in [9.17, 15) is 4.79 Å². The van der Waals surface area contributed by atoms with E-state index in [0.717, 1.165) is 0 Å². The average molecular weight is 193 g/mol. The van der Waals surface area contributed by atoms with E-state index < -0.39 is 14.2 Å².